The van der Waals surface area contributed by atoms with Crippen LogP contribution in [0.3, 0.4) is 0 Å². The number of hydrogen-bond donors (Lipinski definition) is 0. The van der Waals surface area contributed by atoms with E-state index in [1.165, 1.54) is 5.56 Å². The molecule has 0 fully saturated rings. The van der Waals surface area contributed by atoms with Crippen LogP contribution in [0.2, 0.25) is 0 Å². The maximum atomic E-state index is 4.50. The van der Waals surface area contributed by atoms with E-state index in [1.54, 1.807) is 0 Å². The molecule has 0 aliphatic rings. The molecule has 0 aliphatic carbocycles. The summed E-state index contributed by atoms with van der Waals surface area (Å²) in [6, 6.07) is 19.0. The van der Waals surface area contributed by atoms with Crippen molar-refractivity contribution in [3.05, 3.63) is 72.6 Å². The van der Waals surface area contributed by atoms with E-state index in [1.807, 2.05) is 30.6 Å². The van der Waals surface area contributed by atoms with E-state index in [-0.39, 0.29) is 5.41 Å². The van der Waals surface area contributed by atoms with Gasteiger partial charge in [0, 0.05) is 23.6 Å². The second-order valence-electron chi connectivity index (χ2n) is 6.28. The monoisotopic (exact) mass is 276 g/mol. The van der Waals surface area contributed by atoms with Gasteiger partial charge in [0.1, 0.15) is 5.82 Å². The lowest BCUT2D eigenvalue weighted by atomic mass is 9.87. The van der Waals surface area contributed by atoms with Gasteiger partial charge >= 0.3 is 0 Å². The molecule has 0 saturated carbocycles. The lowest BCUT2D eigenvalue weighted by molar-refractivity contribution is 0.590. The molecule has 0 radical (unpaired) electrons. The fourth-order valence-corrected chi connectivity index (χ4v) is 2.43. The highest BCUT2D eigenvalue weighted by Crippen LogP contribution is 2.25. The predicted molar refractivity (Wildman–Crippen MR) is 87.7 cm³/mol. The number of imidazole rings is 1. The quantitative estimate of drug-likeness (QED) is 0.655. The van der Waals surface area contributed by atoms with Gasteiger partial charge in [-0.2, -0.15) is 0 Å². The van der Waals surface area contributed by atoms with Crippen molar-refractivity contribution >= 4 is 0 Å². The molecule has 1 aromatic heterocycles. The van der Waals surface area contributed by atoms with Gasteiger partial charge in [0.05, 0.1) is 0 Å². The Hall–Kier alpha value is -2.35. The van der Waals surface area contributed by atoms with E-state index in [0.717, 1.165) is 17.1 Å². The van der Waals surface area contributed by atoms with Gasteiger partial charge in [-0.25, -0.2) is 4.98 Å². The molecule has 0 N–H and O–H groups in total. The number of aromatic nitrogens is 2. The summed E-state index contributed by atoms with van der Waals surface area (Å²) in [6.45, 7) is 6.69. The zero-order chi connectivity index (χ0) is 14.9. The van der Waals surface area contributed by atoms with Crippen molar-refractivity contribution in [2.24, 2.45) is 0 Å². The maximum Gasteiger partial charge on any atom is 0.144 e. The summed E-state index contributed by atoms with van der Waals surface area (Å²) in [6.07, 6.45) is 3.86. The Morgan fingerprint density at radius 2 is 1.52 bits per heavy atom. The minimum Gasteiger partial charge on any atom is -0.300 e. The SMILES string of the molecule is CC(C)(C)c1ccc(-n2ccnc2-c2ccccc2)cc1. The largest absolute Gasteiger partial charge is 0.300 e. The first-order valence-electron chi connectivity index (χ1n) is 7.25. The van der Waals surface area contributed by atoms with E-state index in [2.05, 4.69) is 66.7 Å². The molecular weight excluding hydrogens is 256 g/mol. The van der Waals surface area contributed by atoms with Crippen molar-refractivity contribution in [1.82, 2.24) is 9.55 Å². The fourth-order valence-electron chi connectivity index (χ4n) is 2.43. The molecule has 0 bridgehead atoms. The Labute approximate surface area is 126 Å². The highest BCUT2D eigenvalue weighted by molar-refractivity contribution is 5.58. The Balaban J connectivity index is 2.01. The van der Waals surface area contributed by atoms with Gasteiger partial charge in [-0.05, 0) is 23.1 Å². The van der Waals surface area contributed by atoms with Crippen LogP contribution < -0.4 is 0 Å². The second-order valence-corrected chi connectivity index (χ2v) is 6.28. The number of benzene rings is 2. The van der Waals surface area contributed by atoms with Crippen molar-refractivity contribution in [2.75, 3.05) is 0 Å². The van der Waals surface area contributed by atoms with Crippen molar-refractivity contribution in [1.29, 1.82) is 0 Å². The third-order valence-electron chi connectivity index (χ3n) is 3.68. The molecule has 0 amide bonds. The molecule has 1 heterocycles. The molecule has 3 aromatic rings. The Bertz CT molecular complexity index is 716. The van der Waals surface area contributed by atoms with E-state index in [9.17, 15) is 0 Å². The molecule has 106 valence electrons. The highest BCUT2D eigenvalue weighted by Gasteiger charge is 2.14. The molecule has 2 nitrogen and oxygen atoms in total. The molecule has 0 unspecified atom stereocenters. The van der Waals surface area contributed by atoms with Crippen molar-refractivity contribution in [3.63, 3.8) is 0 Å². The van der Waals surface area contributed by atoms with Crippen molar-refractivity contribution in [3.8, 4) is 17.1 Å². The molecular formula is C19H20N2. The smallest absolute Gasteiger partial charge is 0.144 e. The molecule has 0 saturated heterocycles. The lowest BCUT2D eigenvalue weighted by Gasteiger charge is -2.19. The minimum atomic E-state index is 0.176. The average Bonchev–Trinajstić information content (AvgIpc) is 2.97. The summed E-state index contributed by atoms with van der Waals surface area (Å²) in [5, 5.41) is 0. The summed E-state index contributed by atoms with van der Waals surface area (Å²) in [5.74, 6) is 0.971. The van der Waals surface area contributed by atoms with Crippen LogP contribution in [-0.2, 0) is 5.41 Å². The number of hydrogen-bond acceptors (Lipinski definition) is 1. The van der Waals surface area contributed by atoms with Gasteiger partial charge in [-0.3, -0.25) is 4.57 Å². The summed E-state index contributed by atoms with van der Waals surface area (Å²) >= 11 is 0. The normalized spacial score (nSPS) is 11.6. The molecule has 21 heavy (non-hydrogen) atoms. The van der Waals surface area contributed by atoms with Crippen LogP contribution in [0.15, 0.2) is 67.0 Å². The summed E-state index contributed by atoms with van der Waals surface area (Å²) in [5.41, 5.74) is 3.78. The van der Waals surface area contributed by atoms with Crippen LogP contribution >= 0.6 is 0 Å². The number of nitrogens with zero attached hydrogens (tertiary/aromatic N) is 2. The van der Waals surface area contributed by atoms with Crippen LogP contribution in [0.4, 0.5) is 0 Å². The standard InChI is InChI=1S/C19H20N2/c1-19(2,3)16-9-11-17(12-10-16)21-14-13-20-18(21)15-7-5-4-6-8-15/h4-14H,1-3H3. The van der Waals surface area contributed by atoms with Gasteiger partial charge in [0.2, 0.25) is 0 Å². The van der Waals surface area contributed by atoms with E-state index < -0.39 is 0 Å². The average molecular weight is 276 g/mol. The first kappa shape index (κ1) is 13.6. The second kappa shape index (κ2) is 5.21. The molecule has 0 atom stereocenters. The Morgan fingerprint density at radius 3 is 2.14 bits per heavy atom. The highest BCUT2D eigenvalue weighted by atomic mass is 15.1. The summed E-state index contributed by atoms with van der Waals surface area (Å²) in [4.78, 5) is 4.50. The fraction of sp³-hybridized carbons (Fsp3) is 0.211. The number of rotatable bonds is 2. The van der Waals surface area contributed by atoms with Crippen LogP contribution in [0.25, 0.3) is 17.1 Å². The van der Waals surface area contributed by atoms with Crippen LogP contribution in [-0.4, -0.2) is 9.55 Å². The van der Waals surface area contributed by atoms with Crippen LogP contribution in [0.5, 0.6) is 0 Å². The summed E-state index contributed by atoms with van der Waals surface area (Å²) in [7, 11) is 0. The molecule has 3 rings (SSSR count). The minimum absolute atomic E-state index is 0.176. The van der Waals surface area contributed by atoms with Gasteiger partial charge in [0.15, 0.2) is 0 Å². The van der Waals surface area contributed by atoms with Gasteiger partial charge in [-0.1, -0.05) is 63.2 Å². The van der Waals surface area contributed by atoms with Crippen LogP contribution in [0.1, 0.15) is 26.3 Å². The van der Waals surface area contributed by atoms with Gasteiger partial charge in [0.25, 0.3) is 0 Å². The molecule has 0 aliphatic heterocycles. The zero-order valence-corrected chi connectivity index (χ0v) is 12.7. The van der Waals surface area contributed by atoms with Crippen molar-refractivity contribution < 1.29 is 0 Å². The molecule has 0 spiro atoms. The molecule has 2 heteroatoms. The van der Waals surface area contributed by atoms with Crippen LogP contribution in [0, 0.1) is 0 Å². The lowest BCUT2D eigenvalue weighted by Crippen LogP contribution is -2.10. The van der Waals surface area contributed by atoms with Gasteiger partial charge < -0.3 is 0 Å². The third kappa shape index (κ3) is 2.75. The first-order valence-corrected chi connectivity index (χ1v) is 7.25. The predicted octanol–water partition coefficient (Wildman–Crippen LogP) is 4.84. The molecule has 2 aromatic carbocycles. The third-order valence-corrected chi connectivity index (χ3v) is 3.68. The van der Waals surface area contributed by atoms with E-state index in [0.29, 0.717) is 0 Å². The summed E-state index contributed by atoms with van der Waals surface area (Å²) < 4.78 is 2.13. The topological polar surface area (TPSA) is 17.8 Å². The Kier molecular flexibility index (Phi) is 3.38. The van der Waals surface area contributed by atoms with E-state index >= 15 is 0 Å². The zero-order valence-electron chi connectivity index (χ0n) is 12.7. The Morgan fingerprint density at radius 1 is 0.857 bits per heavy atom. The van der Waals surface area contributed by atoms with Gasteiger partial charge in [-0.15, -0.1) is 0 Å². The maximum absolute atomic E-state index is 4.50. The first-order chi connectivity index (χ1) is 10.1. The van der Waals surface area contributed by atoms with Crippen molar-refractivity contribution in [2.45, 2.75) is 26.2 Å². The van der Waals surface area contributed by atoms with E-state index in [4.69, 9.17) is 0 Å².